The van der Waals surface area contributed by atoms with Crippen molar-refractivity contribution in [3.8, 4) is 0 Å². The van der Waals surface area contributed by atoms with E-state index in [0.29, 0.717) is 11.3 Å². The van der Waals surface area contributed by atoms with Crippen LogP contribution in [0.25, 0.3) is 0 Å². The lowest BCUT2D eigenvalue weighted by molar-refractivity contribution is -0.135. The minimum atomic E-state index is -1.25. The zero-order valence-corrected chi connectivity index (χ0v) is 19.0. The summed E-state index contributed by atoms with van der Waals surface area (Å²) in [7, 11) is 0. The first kappa shape index (κ1) is 23.0. The van der Waals surface area contributed by atoms with E-state index in [2.05, 4.69) is 16.0 Å². The van der Waals surface area contributed by atoms with Crippen molar-refractivity contribution in [3.63, 3.8) is 0 Å². The smallest absolute Gasteiger partial charge is 0.325 e. The number of imide groups is 1. The number of carbonyl (C=O) groups excluding carboxylic acids is 4. The van der Waals surface area contributed by atoms with E-state index in [-0.39, 0.29) is 6.54 Å². The van der Waals surface area contributed by atoms with Crippen molar-refractivity contribution in [2.24, 2.45) is 0 Å². The summed E-state index contributed by atoms with van der Waals surface area (Å²) in [6.45, 7) is 8.51. The Hall–Kier alpha value is -3.68. The molecule has 1 heterocycles. The number of nitrogens with zero attached hydrogens (tertiary/aromatic N) is 1. The lowest BCUT2D eigenvalue weighted by atomic mass is 9.88. The summed E-state index contributed by atoms with van der Waals surface area (Å²) in [6.07, 6.45) is 0. The van der Waals surface area contributed by atoms with Crippen LogP contribution in [0.4, 0.5) is 10.5 Å². The Morgan fingerprint density at radius 2 is 1.59 bits per heavy atom. The second kappa shape index (κ2) is 8.82. The molecule has 0 aromatic heterocycles. The minimum Gasteiger partial charge on any atom is -0.345 e. The molecular weight excluding hydrogens is 408 g/mol. The molecular formula is C24H28N4O4. The summed E-state index contributed by atoms with van der Waals surface area (Å²) < 4.78 is 0. The van der Waals surface area contributed by atoms with Gasteiger partial charge in [-0.2, -0.15) is 0 Å². The van der Waals surface area contributed by atoms with E-state index in [1.165, 1.54) is 0 Å². The molecule has 3 rings (SSSR count). The van der Waals surface area contributed by atoms with Gasteiger partial charge in [0, 0.05) is 5.69 Å². The lowest BCUT2D eigenvalue weighted by Gasteiger charge is -2.24. The van der Waals surface area contributed by atoms with E-state index in [1.807, 2.05) is 52.0 Å². The summed E-state index contributed by atoms with van der Waals surface area (Å²) in [5, 5.41) is 7.96. The van der Waals surface area contributed by atoms with Crippen molar-refractivity contribution in [2.45, 2.75) is 40.2 Å². The Bertz CT molecular complexity index is 1090. The number of urea groups is 1. The van der Waals surface area contributed by atoms with Crippen LogP contribution in [0.2, 0.25) is 0 Å². The van der Waals surface area contributed by atoms with Crippen molar-refractivity contribution in [3.05, 3.63) is 64.2 Å². The predicted molar refractivity (Wildman–Crippen MR) is 121 cm³/mol. The zero-order chi connectivity index (χ0) is 23.6. The molecule has 8 nitrogen and oxygen atoms in total. The topological polar surface area (TPSA) is 108 Å². The van der Waals surface area contributed by atoms with Gasteiger partial charge in [-0.25, -0.2) is 4.79 Å². The number of hydrogen-bond acceptors (Lipinski definition) is 4. The van der Waals surface area contributed by atoms with Gasteiger partial charge in [-0.05, 0) is 56.9 Å². The predicted octanol–water partition coefficient (Wildman–Crippen LogP) is 2.44. The van der Waals surface area contributed by atoms with Crippen LogP contribution in [0.5, 0.6) is 0 Å². The van der Waals surface area contributed by atoms with Crippen LogP contribution >= 0.6 is 0 Å². The number of amides is 5. The fourth-order valence-electron chi connectivity index (χ4n) is 4.10. The normalized spacial score (nSPS) is 17.8. The van der Waals surface area contributed by atoms with Crippen LogP contribution in [0.3, 0.4) is 0 Å². The van der Waals surface area contributed by atoms with E-state index >= 15 is 0 Å². The second-order valence-corrected chi connectivity index (χ2v) is 8.36. The number of carbonyl (C=O) groups is 4. The number of anilines is 1. The molecule has 2 aromatic rings. The Kier molecular flexibility index (Phi) is 6.34. The molecule has 0 saturated carbocycles. The van der Waals surface area contributed by atoms with Gasteiger partial charge < -0.3 is 16.0 Å². The van der Waals surface area contributed by atoms with Crippen molar-refractivity contribution < 1.29 is 19.2 Å². The maximum absolute atomic E-state index is 13.0. The van der Waals surface area contributed by atoms with Gasteiger partial charge in [-0.15, -0.1) is 0 Å². The standard InChI is InChI=1S/C24H28N4O4/c1-14-10-16(3)21(17(4)11-14)26-19(29)12-25-20(30)13-28-22(31)24(5,27-23(28)32)18-9-7-6-8-15(18)2/h6-11H,12-13H2,1-5H3,(H,25,30)(H,26,29)(H,27,32). The van der Waals surface area contributed by atoms with Gasteiger partial charge >= 0.3 is 6.03 Å². The minimum absolute atomic E-state index is 0.274. The molecule has 1 fully saturated rings. The fourth-order valence-corrected chi connectivity index (χ4v) is 4.10. The molecule has 1 unspecified atom stereocenters. The maximum atomic E-state index is 13.0. The summed E-state index contributed by atoms with van der Waals surface area (Å²) in [6, 6.07) is 10.5. The molecule has 0 spiro atoms. The van der Waals surface area contributed by atoms with Gasteiger partial charge in [0.1, 0.15) is 12.1 Å². The quantitative estimate of drug-likeness (QED) is 0.605. The van der Waals surface area contributed by atoms with E-state index in [4.69, 9.17) is 0 Å². The van der Waals surface area contributed by atoms with E-state index in [9.17, 15) is 19.2 Å². The third-order valence-electron chi connectivity index (χ3n) is 5.65. The molecule has 168 valence electrons. The van der Waals surface area contributed by atoms with Crippen LogP contribution in [0.15, 0.2) is 36.4 Å². The third kappa shape index (κ3) is 4.49. The molecule has 3 N–H and O–H groups in total. The van der Waals surface area contributed by atoms with Crippen LogP contribution in [-0.2, 0) is 19.9 Å². The molecule has 0 radical (unpaired) electrons. The SMILES string of the molecule is Cc1cc(C)c(NC(=O)CNC(=O)CN2C(=O)NC(C)(c3ccccc3C)C2=O)c(C)c1. The van der Waals surface area contributed by atoms with Crippen molar-refractivity contribution in [1.82, 2.24) is 15.5 Å². The first-order valence-corrected chi connectivity index (χ1v) is 10.4. The molecule has 5 amide bonds. The number of hydrogen-bond donors (Lipinski definition) is 3. The summed E-state index contributed by atoms with van der Waals surface area (Å²) in [5.74, 6) is -1.51. The summed E-state index contributed by atoms with van der Waals surface area (Å²) in [5.41, 5.74) is 3.93. The highest BCUT2D eigenvalue weighted by Gasteiger charge is 2.49. The Balaban J connectivity index is 1.60. The van der Waals surface area contributed by atoms with Gasteiger partial charge in [-0.1, -0.05) is 42.0 Å². The average Bonchev–Trinajstić information content (AvgIpc) is 2.93. The number of rotatable bonds is 6. The second-order valence-electron chi connectivity index (χ2n) is 8.36. The largest absolute Gasteiger partial charge is 0.345 e. The van der Waals surface area contributed by atoms with Gasteiger partial charge in [-0.3, -0.25) is 19.3 Å². The third-order valence-corrected chi connectivity index (χ3v) is 5.65. The molecule has 1 atom stereocenters. The molecule has 2 aromatic carbocycles. The molecule has 1 aliphatic heterocycles. The highest BCUT2D eigenvalue weighted by Crippen LogP contribution is 2.30. The van der Waals surface area contributed by atoms with Crippen LogP contribution in [0, 0.1) is 27.7 Å². The Morgan fingerprint density at radius 3 is 2.22 bits per heavy atom. The number of nitrogens with one attached hydrogen (secondary N) is 3. The first-order valence-electron chi connectivity index (χ1n) is 10.4. The van der Waals surface area contributed by atoms with Crippen molar-refractivity contribution in [1.29, 1.82) is 0 Å². The van der Waals surface area contributed by atoms with Gasteiger partial charge in [0.05, 0.1) is 6.54 Å². The molecule has 8 heteroatoms. The van der Waals surface area contributed by atoms with Crippen LogP contribution in [-0.4, -0.2) is 41.7 Å². The zero-order valence-electron chi connectivity index (χ0n) is 19.0. The van der Waals surface area contributed by atoms with Gasteiger partial charge in [0.25, 0.3) is 5.91 Å². The molecule has 1 saturated heterocycles. The van der Waals surface area contributed by atoms with Crippen LogP contribution in [0.1, 0.15) is 34.7 Å². The van der Waals surface area contributed by atoms with E-state index in [1.54, 1.807) is 19.1 Å². The molecule has 32 heavy (non-hydrogen) atoms. The van der Waals surface area contributed by atoms with Crippen LogP contribution < -0.4 is 16.0 Å². The molecule has 1 aliphatic rings. The Morgan fingerprint density at radius 1 is 0.969 bits per heavy atom. The van der Waals surface area contributed by atoms with Gasteiger partial charge in [0.2, 0.25) is 11.8 Å². The summed E-state index contributed by atoms with van der Waals surface area (Å²) >= 11 is 0. The Labute approximate surface area is 187 Å². The molecule has 0 bridgehead atoms. The highest BCUT2D eigenvalue weighted by atomic mass is 16.2. The monoisotopic (exact) mass is 436 g/mol. The highest BCUT2D eigenvalue weighted by molar-refractivity contribution is 6.09. The maximum Gasteiger partial charge on any atom is 0.325 e. The van der Waals surface area contributed by atoms with E-state index < -0.39 is 35.8 Å². The lowest BCUT2D eigenvalue weighted by Crippen LogP contribution is -2.44. The first-order chi connectivity index (χ1) is 15.0. The molecule has 0 aliphatic carbocycles. The van der Waals surface area contributed by atoms with E-state index in [0.717, 1.165) is 27.2 Å². The van der Waals surface area contributed by atoms with Crippen molar-refractivity contribution in [2.75, 3.05) is 18.4 Å². The fraction of sp³-hybridized carbons (Fsp3) is 0.333. The van der Waals surface area contributed by atoms with Gasteiger partial charge in [0.15, 0.2) is 0 Å². The van der Waals surface area contributed by atoms with Crippen molar-refractivity contribution >= 4 is 29.4 Å². The average molecular weight is 437 g/mol. The summed E-state index contributed by atoms with van der Waals surface area (Å²) in [4.78, 5) is 51.0. The number of aryl methyl sites for hydroxylation is 4. The number of benzene rings is 2.